The fourth-order valence-corrected chi connectivity index (χ4v) is 4.81. The molecule has 1 saturated heterocycles. The Morgan fingerprint density at radius 3 is 2.57 bits per heavy atom. The van der Waals surface area contributed by atoms with E-state index in [1.807, 2.05) is 32.0 Å². The Balaban J connectivity index is 1.95. The van der Waals surface area contributed by atoms with Crippen LogP contribution >= 0.6 is 11.8 Å². The first-order chi connectivity index (χ1) is 13.2. The minimum Gasteiger partial charge on any atom is -0.286 e. The second-order valence-corrected chi connectivity index (χ2v) is 10.5. The summed E-state index contributed by atoms with van der Waals surface area (Å²) in [5.41, 5.74) is 2.14. The number of amidine groups is 1. The van der Waals surface area contributed by atoms with Crippen LogP contribution in [0.25, 0.3) is 0 Å². The van der Waals surface area contributed by atoms with Crippen molar-refractivity contribution < 1.29 is 13.2 Å². The number of amides is 1. The third-order valence-electron chi connectivity index (χ3n) is 4.31. The fraction of sp³-hybridized carbons (Fsp3) is 0.300. The highest BCUT2D eigenvalue weighted by molar-refractivity contribution is 8.14. The third-order valence-corrected chi connectivity index (χ3v) is 7.19. The van der Waals surface area contributed by atoms with Crippen LogP contribution in [0.3, 0.4) is 0 Å². The Hall–Kier alpha value is -2.16. The van der Waals surface area contributed by atoms with Gasteiger partial charge in [-0.05, 0) is 37.3 Å². The lowest BCUT2D eigenvalue weighted by atomic mass is 10.1. The lowest BCUT2D eigenvalue weighted by Crippen LogP contribution is -2.32. The van der Waals surface area contributed by atoms with Crippen molar-refractivity contribution in [3.05, 3.63) is 59.7 Å². The number of carbonyl (C=O) groups is 1. The molecule has 0 spiro atoms. The molecule has 1 heterocycles. The van der Waals surface area contributed by atoms with Crippen molar-refractivity contribution in [2.45, 2.75) is 24.0 Å². The number of hydrogen-bond donors (Lipinski definition) is 0. The zero-order valence-electron chi connectivity index (χ0n) is 16.3. The van der Waals surface area contributed by atoms with Crippen molar-refractivity contribution in [1.82, 2.24) is 9.21 Å². The van der Waals surface area contributed by atoms with E-state index in [0.717, 1.165) is 5.56 Å². The number of nitrogens with zero attached hydrogens (tertiary/aromatic N) is 3. The second-order valence-electron chi connectivity index (χ2n) is 6.89. The first kappa shape index (κ1) is 20.6. The molecule has 0 N–H and O–H groups in total. The van der Waals surface area contributed by atoms with Gasteiger partial charge in [0, 0.05) is 31.5 Å². The van der Waals surface area contributed by atoms with E-state index in [1.54, 1.807) is 29.2 Å². The van der Waals surface area contributed by atoms with Crippen molar-refractivity contribution in [2.75, 3.05) is 20.6 Å². The first-order valence-electron chi connectivity index (χ1n) is 8.85. The van der Waals surface area contributed by atoms with Gasteiger partial charge in [0.1, 0.15) is 0 Å². The summed E-state index contributed by atoms with van der Waals surface area (Å²) >= 11 is 1.51. The van der Waals surface area contributed by atoms with E-state index in [4.69, 9.17) is 0 Å². The Labute approximate surface area is 170 Å². The van der Waals surface area contributed by atoms with Gasteiger partial charge in [-0.1, -0.05) is 42.4 Å². The van der Waals surface area contributed by atoms with Gasteiger partial charge < -0.3 is 0 Å². The highest BCUT2D eigenvalue weighted by atomic mass is 32.2. The van der Waals surface area contributed by atoms with E-state index in [9.17, 15) is 13.2 Å². The molecule has 1 aliphatic heterocycles. The summed E-state index contributed by atoms with van der Waals surface area (Å²) < 4.78 is 25.9. The lowest BCUT2D eigenvalue weighted by Gasteiger charge is -2.16. The average Bonchev–Trinajstić information content (AvgIpc) is 3.01. The Bertz CT molecular complexity index is 1030. The fourth-order valence-electron chi connectivity index (χ4n) is 2.84. The van der Waals surface area contributed by atoms with Crippen LogP contribution < -0.4 is 0 Å². The van der Waals surface area contributed by atoms with Crippen LogP contribution in [-0.2, 0) is 10.0 Å². The predicted molar refractivity (Wildman–Crippen MR) is 114 cm³/mol. The molecule has 0 bridgehead atoms. The SMILES string of the molecule is Cc1cccc(C(=O)N2CC(C)SC2=Nc2cccc(S(=O)(=O)N(C)C)c2)c1. The number of thioether (sulfide) groups is 1. The normalized spacial score (nSPS) is 18.8. The maximum atomic E-state index is 13.0. The summed E-state index contributed by atoms with van der Waals surface area (Å²) in [5, 5.41) is 0.791. The smallest absolute Gasteiger partial charge is 0.259 e. The molecule has 28 heavy (non-hydrogen) atoms. The van der Waals surface area contributed by atoms with Gasteiger partial charge in [-0.15, -0.1) is 0 Å². The molecule has 1 unspecified atom stereocenters. The van der Waals surface area contributed by atoms with Gasteiger partial charge in [-0.3, -0.25) is 9.69 Å². The van der Waals surface area contributed by atoms with Gasteiger partial charge in [0.25, 0.3) is 5.91 Å². The molecule has 0 radical (unpaired) electrons. The summed E-state index contributed by atoms with van der Waals surface area (Å²) in [6.07, 6.45) is 0. The quantitative estimate of drug-likeness (QED) is 0.763. The van der Waals surface area contributed by atoms with Crippen LogP contribution in [-0.4, -0.2) is 54.6 Å². The van der Waals surface area contributed by atoms with Crippen LogP contribution in [0, 0.1) is 6.92 Å². The van der Waals surface area contributed by atoms with Crippen molar-refractivity contribution in [1.29, 1.82) is 0 Å². The summed E-state index contributed by atoms with van der Waals surface area (Å²) in [4.78, 5) is 19.4. The van der Waals surface area contributed by atoms with Gasteiger partial charge in [-0.2, -0.15) is 0 Å². The van der Waals surface area contributed by atoms with Crippen molar-refractivity contribution in [2.24, 2.45) is 4.99 Å². The molecule has 0 aromatic heterocycles. The summed E-state index contributed by atoms with van der Waals surface area (Å²) in [6.45, 7) is 4.55. The molecule has 148 valence electrons. The van der Waals surface area contributed by atoms with Crippen LogP contribution in [0.4, 0.5) is 5.69 Å². The predicted octanol–water partition coefficient (Wildman–Crippen LogP) is 3.51. The average molecular weight is 418 g/mol. The molecule has 3 rings (SSSR count). The largest absolute Gasteiger partial charge is 0.286 e. The van der Waals surface area contributed by atoms with Crippen molar-refractivity contribution >= 4 is 38.5 Å². The summed E-state index contributed by atoms with van der Waals surface area (Å²) in [5.74, 6) is -0.101. The zero-order chi connectivity index (χ0) is 20.5. The number of aliphatic imine (C=N–C) groups is 1. The van der Waals surface area contributed by atoms with Gasteiger partial charge in [0.05, 0.1) is 10.6 Å². The van der Waals surface area contributed by atoms with Crippen LogP contribution in [0.5, 0.6) is 0 Å². The third kappa shape index (κ3) is 4.29. The van der Waals surface area contributed by atoms with Gasteiger partial charge in [0.15, 0.2) is 5.17 Å². The molecule has 0 aliphatic carbocycles. The van der Waals surface area contributed by atoms with Gasteiger partial charge >= 0.3 is 0 Å². The minimum atomic E-state index is -3.54. The van der Waals surface area contributed by atoms with E-state index >= 15 is 0 Å². The molecule has 2 aromatic rings. The molecule has 1 fully saturated rings. The maximum Gasteiger partial charge on any atom is 0.259 e. The van der Waals surface area contributed by atoms with Crippen LogP contribution in [0.2, 0.25) is 0 Å². The second kappa shape index (κ2) is 8.06. The number of hydrogen-bond acceptors (Lipinski definition) is 5. The van der Waals surface area contributed by atoms with Gasteiger partial charge in [0.2, 0.25) is 10.0 Å². The van der Waals surface area contributed by atoms with E-state index in [0.29, 0.717) is 23.0 Å². The molecule has 1 atom stereocenters. The Morgan fingerprint density at radius 2 is 1.89 bits per heavy atom. The van der Waals surface area contributed by atoms with Gasteiger partial charge in [-0.25, -0.2) is 17.7 Å². The number of carbonyl (C=O) groups excluding carboxylic acids is 1. The lowest BCUT2D eigenvalue weighted by molar-refractivity contribution is 0.0855. The monoisotopic (exact) mass is 417 g/mol. The molecule has 1 amide bonds. The highest BCUT2D eigenvalue weighted by Crippen LogP contribution is 2.30. The number of rotatable bonds is 4. The molecule has 0 saturated carbocycles. The van der Waals surface area contributed by atoms with E-state index in [1.165, 1.54) is 36.2 Å². The van der Waals surface area contributed by atoms with E-state index < -0.39 is 10.0 Å². The molecular weight excluding hydrogens is 394 g/mol. The maximum absolute atomic E-state index is 13.0. The van der Waals surface area contributed by atoms with Crippen molar-refractivity contribution in [3.8, 4) is 0 Å². The van der Waals surface area contributed by atoms with Crippen LogP contribution in [0.15, 0.2) is 58.4 Å². The Kier molecular flexibility index (Phi) is 5.92. The van der Waals surface area contributed by atoms with Crippen molar-refractivity contribution in [3.63, 3.8) is 0 Å². The highest BCUT2D eigenvalue weighted by Gasteiger charge is 2.31. The minimum absolute atomic E-state index is 0.101. The summed E-state index contributed by atoms with van der Waals surface area (Å²) in [6, 6.07) is 13.9. The molecule has 2 aromatic carbocycles. The summed E-state index contributed by atoms with van der Waals surface area (Å²) in [7, 11) is -0.563. The standard InChI is InChI=1S/C20H23N3O3S2/c1-14-7-5-8-16(11-14)19(24)23-13-15(2)27-20(23)21-17-9-6-10-18(12-17)28(25,26)22(3)4/h5-12,15H,13H2,1-4H3. The topological polar surface area (TPSA) is 70.0 Å². The van der Waals surface area contributed by atoms with E-state index in [2.05, 4.69) is 4.99 Å². The molecular formula is C20H23N3O3S2. The first-order valence-corrected chi connectivity index (χ1v) is 11.2. The molecule has 8 heteroatoms. The van der Waals surface area contributed by atoms with Crippen LogP contribution in [0.1, 0.15) is 22.8 Å². The molecule has 1 aliphatic rings. The number of benzene rings is 2. The molecule has 6 nitrogen and oxygen atoms in total. The van der Waals surface area contributed by atoms with E-state index in [-0.39, 0.29) is 16.1 Å². The Morgan fingerprint density at radius 1 is 1.18 bits per heavy atom. The number of sulfonamides is 1. The number of aryl methyl sites for hydroxylation is 1. The zero-order valence-corrected chi connectivity index (χ0v) is 17.9.